The van der Waals surface area contributed by atoms with Gasteiger partial charge in [0.05, 0.1) is 13.2 Å². The number of hydrogen-bond donors (Lipinski definition) is 0. The fourth-order valence-corrected chi connectivity index (χ4v) is 1.49. The zero-order valence-electron chi connectivity index (χ0n) is 8.63. The van der Waals surface area contributed by atoms with Crippen molar-refractivity contribution in [2.75, 3.05) is 7.11 Å². The molecule has 0 amide bonds. The SMILES string of the molecule is COC1=NC(c2ccccc2)C=CC=C1. The number of nitrogens with zero attached hydrogens (tertiary/aromatic N) is 1. The normalized spacial score (nSPS) is 19.5. The lowest BCUT2D eigenvalue weighted by Crippen LogP contribution is -1.99. The van der Waals surface area contributed by atoms with Crippen molar-refractivity contribution in [3.05, 3.63) is 60.2 Å². The van der Waals surface area contributed by atoms with Crippen molar-refractivity contribution in [1.82, 2.24) is 0 Å². The third kappa shape index (κ3) is 2.34. The molecule has 0 spiro atoms. The first kappa shape index (κ1) is 9.71. The van der Waals surface area contributed by atoms with Gasteiger partial charge in [0, 0.05) is 0 Å². The summed E-state index contributed by atoms with van der Waals surface area (Å²) in [7, 11) is 1.64. The number of ether oxygens (including phenoxy) is 1. The highest BCUT2D eigenvalue weighted by Gasteiger charge is 2.08. The Kier molecular flexibility index (Phi) is 2.98. The van der Waals surface area contributed by atoms with Crippen LogP contribution >= 0.6 is 0 Å². The molecule has 0 N–H and O–H groups in total. The highest BCUT2D eigenvalue weighted by molar-refractivity contribution is 5.88. The lowest BCUT2D eigenvalue weighted by Gasteiger charge is -2.08. The smallest absolute Gasteiger partial charge is 0.209 e. The number of methoxy groups -OCH3 is 1. The highest BCUT2D eigenvalue weighted by Crippen LogP contribution is 2.20. The highest BCUT2D eigenvalue weighted by atomic mass is 16.5. The van der Waals surface area contributed by atoms with Crippen LogP contribution in [0.4, 0.5) is 0 Å². The maximum Gasteiger partial charge on any atom is 0.209 e. The van der Waals surface area contributed by atoms with Gasteiger partial charge in [-0.15, -0.1) is 0 Å². The van der Waals surface area contributed by atoms with Gasteiger partial charge < -0.3 is 4.74 Å². The van der Waals surface area contributed by atoms with Crippen molar-refractivity contribution in [3.8, 4) is 0 Å². The molecule has 1 aliphatic rings. The number of hydrogen-bond acceptors (Lipinski definition) is 2. The van der Waals surface area contributed by atoms with Gasteiger partial charge in [0.2, 0.25) is 5.90 Å². The molecule has 1 heterocycles. The Morgan fingerprint density at radius 1 is 1.13 bits per heavy atom. The fraction of sp³-hybridized carbons (Fsp3) is 0.154. The van der Waals surface area contributed by atoms with E-state index in [0.29, 0.717) is 5.90 Å². The lowest BCUT2D eigenvalue weighted by molar-refractivity contribution is 0.403. The van der Waals surface area contributed by atoms with Gasteiger partial charge in [-0.2, -0.15) is 0 Å². The fourth-order valence-electron chi connectivity index (χ4n) is 1.49. The van der Waals surface area contributed by atoms with E-state index in [4.69, 9.17) is 4.74 Å². The van der Waals surface area contributed by atoms with Crippen LogP contribution in [-0.2, 0) is 4.74 Å². The Morgan fingerprint density at radius 2 is 1.93 bits per heavy atom. The van der Waals surface area contributed by atoms with Gasteiger partial charge >= 0.3 is 0 Å². The predicted molar refractivity (Wildman–Crippen MR) is 61.9 cm³/mol. The Balaban J connectivity index is 2.30. The number of allylic oxidation sites excluding steroid dienone is 2. The Labute approximate surface area is 89.6 Å². The maximum atomic E-state index is 5.15. The molecule has 76 valence electrons. The molecular formula is C13H13NO. The topological polar surface area (TPSA) is 21.6 Å². The van der Waals surface area contributed by atoms with Crippen LogP contribution in [0.15, 0.2) is 59.6 Å². The lowest BCUT2D eigenvalue weighted by atomic mass is 10.1. The number of benzene rings is 1. The monoisotopic (exact) mass is 199 g/mol. The molecule has 1 atom stereocenters. The second-order valence-corrected chi connectivity index (χ2v) is 3.27. The summed E-state index contributed by atoms with van der Waals surface area (Å²) in [4.78, 5) is 4.49. The summed E-state index contributed by atoms with van der Waals surface area (Å²) < 4.78 is 5.15. The summed E-state index contributed by atoms with van der Waals surface area (Å²) in [5.74, 6) is 0.661. The van der Waals surface area contributed by atoms with Gasteiger partial charge in [0.15, 0.2) is 0 Å². The summed E-state index contributed by atoms with van der Waals surface area (Å²) in [6.45, 7) is 0. The van der Waals surface area contributed by atoms with Crippen molar-refractivity contribution >= 4 is 5.90 Å². The Morgan fingerprint density at radius 3 is 2.67 bits per heavy atom. The van der Waals surface area contributed by atoms with Crippen LogP contribution in [0.25, 0.3) is 0 Å². The van der Waals surface area contributed by atoms with Crippen LogP contribution in [0.5, 0.6) is 0 Å². The van der Waals surface area contributed by atoms with Crippen LogP contribution < -0.4 is 0 Å². The van der Waals surface area contributed by atoms with Gasteiger partial charge in [0.25, 0.3) is 0 Å². The molecule has 1 aliphatic heterocycles. The predicted octanol–water partition coefficient (Wildman–Crippen LogP) is 2.90. The van der Waals surface area contributed by atoms with Gasteiger partial charge in [-0.3, -0.25) is 0 Å². The van der Waals surface area contributed by atoms with Gasteiger partial charge in [0.1, 0.15) is 0 Å². The molecule has 1 aromatic carbocycles. The summed E-state index contributed by atoms with van der Waals surface area (Å²) >= 11 is 0. The minimum absolute atomic E-state index is 0.0520. The third-order valence-corrected chi connectivity index (χ3v) is 2.26. The quantitative estimate of drug-likeness (QED) is 0.681. The van der Waals surface area contributed by atoms with E-state index in [1.165, 1.54) is 5.56 Å². The molecule has 1 unspecified atom stereocenters. The third-order valence-electron chi connectivity index (χ3n) is 2.26. The Hall–Kier alpha value is -1.83. The molecule has 1 aromatic rings. The summed E-state index contributed by atoms with van der Waals surface area (Å²) in [6.07, 6.45) is 7.84. The van der Waals surface area contributed by atoms with E-state index >= 15 is 0 Å². The molecule has 15 heavy (non-hydrogen) atoms. The molecule has 2 nitrogen and oxygen atoms in total. The van der Waals surface area contributed by atoms with Crippen molar-refractivity contribution in [2.45, 2.75) is 6.04 Å². The average molecular weight is 199 g/mol. The van der Waals surface area contributed by atoms with Gasteiger partial charge in [-0.25, -0.2) is 4.99 Å². The van der Waals surface area contributed by atoms with E-state index in [9.17, 15) is 0 Å². The van der Waals surface area contributed by atoms with E-state index in [1.54, 1.807) is 7.11 Å². The summed E-state index contributed by atoms with van der Waals surface area (Å²) in [5, 5.41) is 0. The van der Waals surface area contributed by atoms with Gasteiger partial charge in [-0.1, -0.05) is 48.6 Å². The first-order valence-electron chi connectivity index (χ1n) is 4.92. The van der Waals surface area contributed by atoms with Gasteiger partial charge in [-0.05, 0) is 11.6 Å². The van der Waals surface area contributed by atoms with Crippen LogP contribution in [0, 0.1) is 0 Å². The zero-order valence-corrected chi connectivity index (χ0v) is 8.63. The first-order valence-corrected chi connectivity index (χ1v) is 4.92. The summed E-state index contributed by atoms with van der Waals surface area (Å²) in [5.41, 5.74) is 1.17. The van der Waals surface area contributed by atoms with E-state index in [2.05, 4.69) is 23.2 Å². The van der Waals surface area contributed by atoms with Crippen LogP contribution in [-0.4, -0.2) is 13.0 Å². The van der Waals surface area contributed by atoms with Crippen molar-refractivity contribution in [3.63, 3.8) is 0 Å². The van der Waals surface area contributed by atoms with Crippen molar-refractivity contribution < 1.29 is 4.74 Å². The molecule has 0 aliphatic carbocycles. The summed E-state index contributed by atoms with van der Waals surface area (Å²) in [6, 6.07) is 10.2. The standard InChI is InChI=1S/C13H13NO/c1-15-13-10-6-5-9-12(14-13)11-7-3-2-4-8-11/h2-10,12H,1H3. The van der Waals surface area contributed by atoms with E-state index in [-0.39, 0.29) is 6.04 Å². The molecule has 2 rings (SSSR count). The molecule has 2 heteroatoms. The molecular weight excluding hydrogens is 186 g/mol. The number of aliphatic imine (C=N–C) groups is 1. The minimum Gasteiger partial charge on any atom is -0.481 e. The van der Waals surface area contributed by atoms with Crippen molar-refractivity contribution in [1.29, 1.82) is 0 Å². The first-order chi connectivity index (χ1) is 7.40. The average Bonchev–Trinajstić information content (AvgIpc) is 2.55. The molecule has 0 radical (unpaired) electrons. The molecule has 0 saturated carbocycles. The van der Waals surface area contributed by atoms with E-state index in [0.717, 1.165) is 0 Å². The van der Waals surface area contributed by atoms with Crippen LogP contribution in [0.3, 0.4) is 0 Å². The largest absolute Gasteiger partial charge is 0.481 e. The molecule has 0 fully saturated rings. The van der Waals surface area contributed by atoms with Crippen LogP contribution in [0.1, 0.15) is 11.6 Å². The molecule has 0 bridgehead atoms. The minimum atomic E-state index is 0.0520. The second-order valence-electron chi connectivity index (χ2n) is 3.27. The number of rotatable bonds is 1. The second kappa shape index (κ2) is 4.60. The molecule has 0 saturated heterocycles. The van der Waals surface area contributed by atoms with Crippen LogP contribution in [0.2, 0.25) is 0 Å². The van der Waals surface area contributed by atoms with E-state index in [1.807, 2.05) is 36.4 Å². The Bertz CT molecular complexity index is 404. The zero-order chi connectivity index (χ0) is 10.5. The van der Waals surface area contributed by atoms with E-state index < -0.39 is 0 Å². The molecule has 0 aromatic heterocycles. The van der Waals surface area contributed by atoms with Crippen molar-refractivity contribution in [2.24, 2.45) is 4.99 Å². The maximum absolute atomic E-state index is 5.15.